The summed E-state index contributed by atoms with van der Waals surface area (Å²) in [5, 5.41) is 0. The Labute approximate surface area is 108 Å². The lowest BCUT2D eigenvalue weighted by atomic mass is 10.3. The summed E-state index contributed by atoms with van der Waals surface area (Å²) < 4.78 is 39.8. The zero-order valence-electron chi connectivity index (χ0n) is 10.7. The Bertz CT molecular complexity index is 339. The highest BCUT2D eigenvalue weighted by Gasteiger charge is 2.32. The molecule has 0 aromatic heterocycles. The molecule has 0 atom stereocenters. The quantitative estimate of drug-likeness (QED) is 0.721. The molecule has 0 aliphatic carbocycles. The summed E-state index contributed by atoms with van der Waals surface area (Å²) in [6, 6.07) is -0.191. The molecule has 0 N–H and O–H groups in total. The zero-order chi connectivity index (χ0) is 14.6. The number of urea groups is 1. The van der Waals surface area contributed by atoms with Gasteiger partial charge >= 0.3 is 18.3 Å². The second-order valence-electron chi connectivity index (χ2n) is 4.32. The van der Waals surface area contributed by atoms with Gasteiger partial charge in [-0.15, -0.1) is 0 Å². The van der Waals surface area contributed by atoms with Crippen LogP contribution in [0.5, 0.6) is 0 Å². The van der Waals surface area contributed by atoms with Gasteiger partial charge in [0.2, 0.25) is 0 Å². The lowest BCUT2D eigenvalue weighted by Gasteiger charge is -2.35. The third-order valence-electron chi connectivity index (χ3n) is 2.55. The zero-order valence-corrected chi connectivity index (χ0v) is 10.7. The topological polar surface area (TPSA) is 53.1 Å². The highest BCUT2D eigenvalue weighted by molar-refractivity contribution is 5.74. The molecule has 1 saturated heterocycles. The van der Waals surface area contributed by atoms with Crippen molar-refractivity contribution in [3.8, 4) is 0 Å². The Balaban J connectivity index is 2.37. The smallest absolute Gasteiger partial charge is 0.422 e. The summed E-state index contributed by atoms with van der Waals surface area (Å²) in [5.74, 6) is 0. The van der Waals surface area contributed by atoms with Crippen LogP contribution in [0.3, 0.4) is 0 Å². The van der Waals surface area contributed by atoms with Crippen molar-refractivity contribution in [2.45, 2.75) is 6.18 Å². The van der Waals surface area contributed by atoms with E-state index in [-0.39, 0.29) is 32.2 Å². The number of nitrogens with zero attached hydrogens (tertiary/aromatic N) is 3. The molecular formula is C10H16F3N3O3. The van der Waals surface area contributed by atoms with Crippen LogP contribution in [-0.4, -0.2) is 79.9 Å². The third-order valence-corrected chi connectivity index (χ3v) is 2.55. The van der Waals surface area contributed by atoms with Crippen molar-refractivity contribution >= 4 is 12.1 Å². The van der Waals surface area contributed by atoms with Crippen LogP contribution in [0.1, 0.15) is 0 Å². The maximum atomic E-state index is 11.9. The summed E-state index contributed by atoms with van der Waals surface area (Å²) >= 11 is 0. The van der Waals surface area contributed by atoms with Crippen molar-refractivity contribution < 1.29 is 27.5 Å². The van der Waals surface area contributed by atoms with Crippen LogP contribution in [0, 0.1) is 0 Å². The predicted molar refractivity (Wildman–Crippen MR) is 59.6 cm³/mol. The van der Waals surface area contributed by atoms with Gasteiger partial charge in [0.25, 0.3) is 0 Å². The number of carbonyl (C=O) groups is 2. The van der Waals surface area contributed by atoms with Gasteiger partial charge in [-0.25, -0.2) is 9.59 Å². The second-order valence-corrected chi connectivity index (χ2v) is 4.32. The number of ether oxygens (including phenoxy) is 1. The molecule has 110 valence electrons. The van der Waals surface area contributed by atoms with Crippen LogP contribution in [0.4, 0.5) is 22.8 Å². The second kappa shape index (κ2) is 5.98. The van der Waals surface area contributed by atoms with Crippen LogP contribution in [-0.2, 0) is 4.74 Å². The van der Waals surface area contributed by atoms with Crippen molar-refractivity contribution in [1.29, 1.82) is 0 Å². The summed E-state index contributed by atoms with van der Waals surface area (Å²) in [6.07, 6.45) is -5.53. The van der Waals surface area contributed by atoms with Gasteiger partial charge < -0.3 is 19.4 Å². The van der Waals surface area contributed by atoms with Gasteiger partial charge in [-0.2, -0.15) is 13.2 Å². The van der Waals surface area contributed by atoms with Crippen molar-refractivity contribution in [2.75, 3.05) is 46.9 Å². The summed E-state index contributed by atoms with van der Waals surface area (Å²) in [6.45, 7) is -0.717. The first-order chi connectivity index (χ1) is 8.70. The molecule has 0 aromatic carbocycles. The van der Waals surface area contributed by atoms with Gasteiger partial charge in [0.1, 0.15) is 0 Å². The van der Waals surface area contributed by atoms with E-state index in [9.17, 15) is 22.8 Å². The fourth-order valence-electron chi connectivity index (χ4n) is 1.60. The number of hydrogen-bond donors (Lipinski definition) is 0. The SMILES string of the molecule is CN(C)C(=O)N1CCN(C(=O)OCC(F)(F)F)CC1. The highest BCUT2D eigenvalue weighted by atomic mass is 19.4. The molecule has 9 heteroatoms. The van der Waals surface area contributed by atoms with E-state index in [0.717, 1.165) is 4.90 Å². The molecule has 0 saturated carbocycles. The fourth-order valence-corrected chi connectivity index (χ4v) is 1.60. The fraction of sp³-hybridized carbons (Fsp3) is 0.800. The van der Waals surface area contributed by atoms with Crippen LogP contribution in [0.25, 0.3) is 0 Å². The van der Waals surface area contributed by atoms with E-state index in [0.29, 0.717) is 0 Å². The van der Waals surface area contributed by atoms with Gasteiger partial charge in [-0.05, 0) is 0 Å². The minimum atomic E-state index is -4.53. The van der Waals surface area contributed by atoms with E-state index in [1.807, 2.05) is 0 Å². The molecular weight excluding hydrogens is 267 g/mol. The molecule has 1 heterocycles. The van der Waals surface area contributed by atoms with Crippen LogP contribution < -0.4 is 0 Å². The maximum Gasteiger partial charge on any atom is 0.422 e. The van der Waals surface area contributed by atoms with Gasteiger partial charge in [0, 0.05) is 40.3 Å². The normalized spacial score (nSPS) is 16.3. The van der Waals surface area contributed by atoms with Gasteiger partial charge in [-0.1, -0.05) is 0 Å². The Morgan fingerprint density at radius 3 is 2.00 bits per heavy atom. The number of amides is 3. The molecule has 1 fully saturated rings. The first-order valence-corrected chi connectivity index (χ1v) is 5.65. The minimum absolute atomic E-state index is 0.163. The van der Waals surface area contributed by atoms with Crippen LogP contribution >= 0.6 is 0 Å². The van der Waals surface area contributed by atoms with Gasteiger partial charge in [0.05, 0.1) is 0 Å². The molecule has 1 rings (SSSR count). The largest absolute Gasteiger partial charge is 0.440 e. The monoisotopic (exact) mass is 283 g/mol. The average molecular weight is 283 g/mol. The van der Waals surface area contributed by atoms with Crippen molar-refractivity contribution in [2.24, 2.45) is 0 Å². The van der Waals surface area contributed by atoms with Crippen molar-refractivity contribution in [3.63, 3.8) is 0 Å². The number of carbonyl (C=O) groups excluding carboxylic acids is 2. The summed E-state index contributed by atoms with van der Waals surface area (Å²) in [4.78, 5) is 27.0. The Hall–Kier alpha value is -1.67. The molecule has 0 aromatic rings. The number of alkyl halides is 3. The highest BCUT2D eigenvalue weighted by Crippen LogP contribution is 2.15. The molecule has 0 spiro atoms. The molecule has 6 nitrogen and oxygen atoms in total. The Morgan fingerprint density at radius 2 is 1.58 bits per heavy atom. The minimum Gasteiger partial charge on any atom is -0.440 e. The number of rotatable bonds is 1. The lowest BCUT2D eigenvalue weighted by Crippen LogP contribution is -2.53. The third kappa shape index (κ3) is 4.84. The van der Waals surface area contributed by atoms with Crippen molar-refractivity contribution in [1.82, 2.24) is 14.7 Å². The van der Waals surface area contributed by atoms with E-state index in [1.54, 1.807) is 14.1 Å². The van der Waals surface area contributed by atoms with E-state index >= 15 is 0 Å². The van der Waals surface area contributed by atoms with Crippen molar-refractivity contribution in [3.05, 3.63) is 0 Å². The van der Waals surface area contributed by atoms with Crippen LogP contribution in [0.2, 0.25) is 0 Å². The lowest BCUT2D eigenvalue weighted by molar-refractivity contribution is -0.162. The molecule has 1 aliphatic heterocycles. The number of halogens is 3. The first kappa shape index (κ1) is 15.4. The molecule has 0 radical (unpaired) electrons. The molecule has 19 heavy (non-hydrogen) atoms. The predicted octanol–water partition coefficient (Wildman–Crippen LogP) is 0.984. The molecule has 0 bridgehead atoms. The molecule has 0 unspecified atom stereocenters. The summed E-state index contributed by atoms with van der Waals surface area (Å²) in [5.41, 5.74) is 0. The standard InChI is InChI=1S/C10H16F3N3O3/c1-14(2)8(17)15-3-5-16(6-4-15)9(18)19-7-10(11,12)13/h3-7H2,1-2H3. The number of piperazine rings is 1. The van der Waals surface area contributed by atoms with Crippen LogP contribution in [0.15, 0.2) is 0 Å². The summed E-state index contributed by atoms with van der Waals surface area (Å²) in [7, 11) is 3.21. The Kier molecular flexibility index (Phi) is 4.84. The van der Waals surface area contributed by atoms with E-state index < -0.39 is 18.9 Å². The first-order valence-electron chi connectivity index (χ1n) is 5.65. The number of hydrogen-bond acceptors (Lipinski definition) is 3. The van der Waals surface area contributed by atoms with E-state index in [4.69, 9.17) is 0 Å². The maximum absolute atomic E-state index is 11.9. The average Bonchev–Trinajstić information content (AvgIpc) is 2.34. The van der Waals surface area contributed by atoms with Gasteiger partial charge in [-0.3, -0.25) is 0 Å². The van der Waals surface area contributed by atoms with E-state index in [2.05, 4.69) is 4.74 Å². The molecule has 1 aliphatic rings. The Morgan fingerprint density at radius 1 is 1.11 bits per heavy atom. The van der Waals surface area contributed by atoms with E-state index in [1.165, 1.54) is 9.80 Å². The van der Waals surface area contributed by atoms with Gasteiger partial charge in [0.15, 0.2) is 6.61 Å². The molecule has 3 amide bonds.